The summed E-state index contributed by atoms with van der Waals surface area (Å²) in [6, 6.07) is 13.4. The number of rotatable bonds is 5. The number of carbonyl (C=O) groups excluding carboxylic acids is 1. The number of nitro benzene ring substituents is 1. The monoisotopic (exact) mass is 257 g/mol. The molecule has 0 fully saturated rings. The molecule has 0 atom stereocenters. The Bertz CT molecular complexity index is 596. The number of nitrogens with zero attached hydrogens (tertiary/aromatic N) is 1. The van der Waals surface area contributed by atoms with Crippen molar-refractivity contribution < 1.29 is 14.5 Å². The van der Waals surface area contributed by atoms with E-state index in [1.165, 1.54) is 18.2 Å². The van der Waals surface area contributed by atoms with Crippen LogP contribution in [0.25, 0.3) is 0 Å². The van der Waals surface area contributed by atoms with Gasteiger partial charge in [-0.05, 0) is 11.6 Å². The van der Waals surface area contributed by atoms with Crippen LogP contribution < -0.4 is 4.74 Å². The summed E-state index contributed by atoms with van der Waals surface area (Å²) >= 11 is 0. The predicted molar refractivity (Wildman–Crippen MR) is 69.3 cm³/mol. The number of non-ortho nitro benzene ring substituents is 1. The van der Waals surface area contributed by atoms with E-state index in [4.69, 9.17) is 4.74 Å². The van der Waals surface area contributed by atoms with E-state index in [-0.39, 0.29) is 11.3 Å². The molecule has 0 unspecified atom stereocenters. The van der Waals surface area contributed by atoms with Crippen molar-refractivity contribution in [3.63, 3.8) is 0 Å². The average molecular weight is 257 g/mol. The number of aldehydes is 1. The Morgan fingerprint density at radius 3 is 2.53 bits per heavy atom. The maximum absolute atomic E-state index is 10.7. The zero-order valence-electron chi connectivity index (χ0n) is 9.98. The molecule has 5 nitrogen and oxygen atoms in total. The van der Waals surface area contributed by atoms with Crippen LogP contribution in [-0.2, 0) is 6.61 Å². The maximum atomic E-state index is 10.7. The number of carbonyl (C=O) groups is 1. The fraction of sp³-hybridized carbons (Fsp3) is 0.0714. The summed E-state index contributed by atoms with van der Waals surface area (Å²) in [5.74, 6) is 0.306. The minimum absolute atomic E-state index is 0.160. The van der Waals surface area contributed by atoms with Gasteiger partial charge in [0.05, 0.1) is 11.0 Å². The molecular formula is C14H11NO4. The first-order valence-corrected chi connectivity index (χ1v) is 5.60. The third-order valence-electron chi connectivity index (χ3n) is 2.51. The lowest BCUT2D eigenvalue weighted by Crippen LogP contribution is -1.97. The molecule has 0 aliphatic carbocycles. The smallest absolute Gasteiger partial charge is 0.273 e. The van der Waals surface area contributed by atoms with Crippen molar-refractivity contribution in [2.45, 2.75) is 6.61 Å². The van der Waals surface area contributed by atoms with E-state index in [0.717, 1.165) is 5.56 Å². The van der Waals surface area contributed by atoms with Crippen molar-refractivity contribution >= 4 is 12.0 Å². The SMILES string of the molecule is O=Cc1cc(OCc2ccccc2)cc([N+](=O)[O-])c1. The van der Waals surface area contributed by atoms with E-state index in [2.05, 4.69) is 0 Å². The molecular weight excluding hydrogens is 246 g/mol. The Balaban J connectivity index is 2.18. The number of hydrogen-bond donors (Lipinski definition) is 0. The van der Waals surface area contributed by atoms with E-state index < -0.39 is 4.92 Å². The number of hydrogen-bond acceptors (Lipinski definition) is 4. The first-order valence-electron chi connectivity index (χ1n) is 5.60. The van der Waals surface area contributed by atoms with Gasteiger partial charge in [0.1, 0.15) is 18.6 Å². The van der Waals surface area contributed by atoms with E-state index in [1.807, 2.05) is 30.3 Å². The van der Waals surface area contributed by atoms with E-state index >= 15 is 0 Å². The van der Waals surface area contributed by atoms with Gasteiger partial charge in [0.25, 0.3) is 5.69 Å². The topological polar surface area (TPSA) is 69.4 Å². The molecule has 2 rings (SSSR count). The van der Waals surface area contributed by atoms with Gasteiger partial charge in [-0.3, -0.25) is 14.9 Å². The molecule has 19 heavy (non-hydrogen) atoms. The van der Waals surface area contributed by atoms with E-state index in [1.54, 1.807) is 0 Å². The summed E-state index contributed by atoms with van der Waals surface area (Å²) in [4.78, 5) is 20.9. The summed E-state index contributed by atoms with van der Waals surface area (Å²) in [5, 5.41) is 10.7. The van der Waals surface area contributed by atoms with Crippen LogP contribution in [0.2, 0.25) is 0 Å². The Hall–Kier alpha value is -2.69. The second-order valence-electron chi connectivity index (χ2n) is 3.91. The van der Waals surface area contributed by atoms with Crippen molar-refractivity contribution in [2.75, 3.05) is 0 Å². The van der Waals surface area contributed by atoms with Gasteiger partial charge in [0, 0.05) is 11.6 Å². The number of benzene rings is 2. The van der Waals surface area contributed by atoms with Gasteiger partial charge in [-0.25, -0.2) is 0 Å². The molecule has 2 aromatic carbocycles. The molecule has 0 heterocycles. The van der Waals surface area contributed by atoms with Gasteiger partial charge < -0.3 is 4.74 Å². The fourth-order valence-electron chi connectivity index (χ4n) is 1.60. The van der Waals surface area contributed by atoms with Crippen molar-refractivity contribution in [1.82, 2.24) is 0 Å². The summed E-state index contributed by atoms with van der Waals surface area (Å²) in [5.41, 5.74) is 1.01. The van der Waals surface area contributed by atoms with Gasteiger partial charge >= 0.3 is 0 Å². The standard InChI is InChI=1S/C14H11NO4/c16-9-12-6-13(15(17)18)8-14(7-12)19-10-11-4-2-1-3-5-11/h1-9H,10H2. The van der Waals surface area contributed by atoms with Gasteiger partial charge in [-0.1, -0.05) is 30.3 Å². The zero-order chi connectivity index (χ0) is 13.7. The molecule has 0 aromatic heterocycles. The molecule has 0 aliphatic heterocycles. The van der Waals surface area contributed by atoms with Crippen molar-refractivity contribution in [2.24, 2.45) is 0 Å². The molecule has 0 amide bonds. The second kappa shape index (κ2) is 5.77. The lowest BCUT2D eigenvalue weighted by Gasteiger charge is -2.06. The number of ether oxygens (including phenoxy) is 1. The Morgan fingerprint density at radius 1 is 1.16 bits per heavy atom. The minimum atomic E-state index is -0.553. The van der Waals surface area contributed by atoms with Gasteiger partial charge in [0.2, 0.25) is 0 Å². The number of nitro groups is 1. The zero-order valence-corrected chi connectivity index (χ0v) is 9.98. The minimum Gasteiger partial charge on any atom is -0.489 e. The average Bonchev–Trinajstić information content (AvgIpc) is 2.45. The molecule has 0 N–H and O–H groups in total. The van der Waals surface area contributed by atoms with Crippen LogP contribution in [0.1, 0.15) is 15.9 Å². The normalized spacial score (nSPS) is 9.89. The van der Waals surface area contributed by atoms with Crippen LogP contribution in [0.15, 0.2) is 48.5 Å². The van der Waals surface area contributed by atoms with Crippen LogP contribution in [0, 0.1) is 10.1 Å². The largest absolute Gasteiger partial charge is 0.489 e. The third-order valence-corrected chi connectivity index (χ3v) is 2.51. The quantitative estimate of drug-likeness (QED) is 0.469. The van der Waals surface area contributed by atoms with Crippen molar-refractivity contribution in [3.05, 3.63) is 69.8 Å². The third kappa shape index (κ3) is 3.38. The highest BCUT2D eigenvalue weighted by Crippen LogP contribution is 2.22. The molecule has 0 radical (unpaired) electrons. The van der Waals surface area contributed by atoms with Gasteiger partial charge in [0.15, 0.2) is 0 Å². The van der Waals surface area contributed by atoms with Crippen LogP contribution in [0.4, 0.5) is 5.69 Å². The Kier molecular flexibility index (Phi) is 3.87. The van der Waals surface area contributed by atoms with Crippen LogP contribution in [-0.4, -0.2) is 11.2 Å². The highest BCUT2D eigenvalue weighted by molar-refractivity contribution is 5.77. The Morgan fingerprint density at radius 2 is 1.89 bits per heavy atom. The molecule has 2 aromatic rings. The Labute approximate surface area is 109 Å². The maximum Gasteiger partial charge on any atom is 0.273 e. The van der Waals surface area contributed by atoms with Crippen LogP contribution in [0.3, 0.4) is 0 Å². The lowest BCUT2D eigenvalue weighted by molar-refractivity contribution is -0.385. The first-order chi connectivity index (χ1) is 9.19. The predicted octanol–water partition coefficient (Wildman–Crippen LogP) is 2.99. The van der Waals surface area contributed by atoms with E-state index in [9.17, 15) is 14.9 Å². The molecule has 0 bridgehead atoms. The van der Waals surface area contributed by atoms with Gasteiger partial charge in [-0.2, -0.15) is 0 Å². The van der Waals surface area contributed by atoms with Crippen molar-refractivity contribution in [3.8, 4) is 5.75 Å². The van der Waals surface area contributed by atoms with Crippen molar-refractivity contribution in [1.29, 1.82) is 0 Å². The summed E-state index contributed by atoms with van der Waals surface area (Å²) < 4.78 is 5.46. The van der Waals surface area contributed by atoms with Crippen LogP contribution in [0.5, 0.6) is 5.75 Å². The molecule has 0 saturated carbocycles. The molecule has 0 aliphatic rings. The van der Waals surface area contributed by atoms with Gasteiger partial charge in [-0.15, -0.1) is 0 Å². The molecule has 96 valence electrons. The summed E-state index contributed by atoms with van der Waals surface area (Å²) in [6.07, 6.45) is 0.558. The second-order valence-corrected chi connectivity index (χ2v) is 3.91. The molecule has 0 saturated heterocycles. The molecule has 5 heteroatoms. The fourth-order valence-corrected chi connectivity index (χ4v) is 1.60. The molecule has 0 spiro atoms. The lowest BCUT2D eigenvalue weighted by atomic mass is 10.2. The highest BCUT2D eigenvalue weighted by atomic mass is 16.6. The summed E-state index contributed by atoms with van der Waals surface area (Å²) in [6.45, 7) is 0.292. The van der Waals surface area contributed by atoms with Crippen LogP contribution >= 0.6 is 0 Å². The first kappa shape index (κ1) is 12.8. The summed E-state index contributed by atoms with van der Waals surface area (Å²) in [7, 11) is 0. The van der Waals surface area contributed by atoms with E-state index in [0.29, 0.717) is 18.6 Å². The highest BCUT2D eigenvalue weighted by Gasteiger charge is 2.10.